The third-order valence-corrected chi connectivity index (χ3v) is 2.89. The van der Waals surface area contributed by atoms with Gasteiger partial charge in [-0.25, -0.2) is 0 Å². The highest BCUT2D eigenvalue weighted by molar-refractivity contribution is 5.89. The molecular weight excluding hydrogens is 204 g/mol. The minimum Gasteiger partial charge on any atom is -0.481 e. The van der Waals surface area contributed by atoms with Crippen LogP contribution in [0.5, 0.6) is 0 Å². The van der Waals surface area contributed by atoms with E-state index in [9.17, 15) is 4.79 Å². The maximum atomic E-state index is 11.0. The lowest BCUT2D eigenvalue weighted by Gasteiger charge is -2.07. The van der Waals surface area contributed by atoms with E-state index >= 15 is 0 Å². The molecule has 1 N–H and O–H groups in total. The molecule has 0 aliphatic rings. The van der Waals surface area contributed by atoms with Crippen molar-refractivity contribution in [2.75, 3.05) is 0 Å². The van der Waals surface area contributed by atoms with Gasteiger partial charge >= 0.3 is 5.97 Å². The molecule has 0 bridgehead atoms. The van der Waals surface area contributed by atoms with E-state index in [1.165, 1.54) is 0 Å². The molecule has 1 heterocycles. The summed E-state index contributed by atoms with van der Waals surface area (Å²) in [5.74, 6) is -1.37. The number of benzene rings is 1. The van der Waals surface area contributed by atoms with Gasteiger partial charge in [0.25, 0.3) is 0 Å². The summed E-state index contributed by atoms with van der Waals surface area (Å²) in [6, 6.07) is 5.83. The van der Waals surface area contributed by atoms with E-state index in [0.29, 0.717) is 0 Å². The summed E-state index contributed by atoms with van der Waals surface area (Å²) in [4.78, 5) is 11.0. The van der Waals surface area contributed by atoms with Crippen molar-refractivity contribution in [2.45, 2.75) is 19.8 Å². The molecule has 0 saturated carbocycles. The minimum absolute atomic E-state index is 0.545. The summed E-state index contributed by atoms with van der Waals surface area (Å²) in [6.07, 6.45) is 0. The first kappa shape index (κ1) is 10.7. The Balaban J connectivity index is 2.74. The highest BCUT2D eigenvalue weighted by Crippen LogP contribution is 2.26. The molecular formula is C12H14N2O2. The zero-order valence-corrected chi connectivity index (χ0v) is 9.56. The normalized spacial score (nSPS) is 12.9. The molecule has 0 fully saturated rings. The smallest absolute Gasteiger partial charge is 0.312 e. The van der Waals surface area contributed by atoms with Gasteiger partial charge in [-0.05, 0) is 19.4 Å². The molecule has 4 nitrogen and oxygen atoms in total. The van der Waals surface area contributed by atoms with Crippen molar-refractivity contribution < 1.29 is 9.90 Å². The van der Waals surface area contributed by atoms with Crippen LogP contribution in [0.2, 0.25) is 0 Å². The van der Waals surface area contributed by atoms with Crippen LogP contribution >= 0.6 is 0 Å². The number of aryl methyl sites for hydroxylation is 2. The molecule has 0 radical (unpaired) electrons. The fourth-order valence-electron chi connectivity index (χ4n) is 2.01. The van der Waals surface area contributed by atoms with Gasteiger partial charge in [-0.3, -0.25) is 9.48 Å². The number of hydrogen-bond donors (Lipinski definition) is 1. The molecule has 1 unspecified atom stereocenters. The van der Waals surface area contributed by atoms with Gasteiger partial charge in [0.15, 0.2) is 0 Å². The average molecular weight is 218 g/mol. The summed E-state index contributed by atoms with van der Waals surface area (Å²) in [5, 5.41) is 14.4. The van der Waals surface area contributed by atoms with Gasteiger partial charge in [-0.15, -0.1) is 0 Å². The fourth-order valence-corrected chi connectivity index (χ4v) is 2.01. The van der Waals surface area contributed by atoms with Crippen molar-refractivity contribution in [1.82, 2.24) is 9.78 Å². The molecule has 2 rings (SSSR count). The van der Waals surface area contributed by atoms with Crippen molar-refractivity contribution in [3.05, 3.63) is 29.5 Å². The first-order valence-corrected chi connectivity index (χ1v) is 5.17. The highest BCUT2D eigenvalue weighted by Gasteiger charge is 2.21. The minimum atomic E-state index is -0.827. The molecule has 0 aliphatic carbocycles. The lowest BCUT2D eigenvalue weighted by Crippen LogP contribution is -2.12. The molecule has 1 aromatic heterocycles. The maximum Gasteiger partial charge on any atom is 0.312 e. The van der Waals surface area contributed by atoms with Gasteiger partial charge < -0.3 is 5.11 Å². The third-order valence-electron chi connectivity index (χ3n) is 2.89. The zero-order chi connectivity index (χ0) is 11.9. The quantitative estimate of drug-likeness (QED) is 0.839. The van der Waals surface area contributed by atoms with E-state index in [0.717, 1.165) is 22.2 Å². The third kappa shape index (κ3) is 1.46. The number of aliphatic carboxylic acids is 1. The lowest BCUT2D eigenvalue weighted by atomic mass is 10.0. The zero-order valence-electron chi connectivity index (χ0n) is 9.56. The second kappa shape index (κ2) is 3.63. The molecule has 2 aromatic rings. The van der Waals surface area contributed by atoms with E-state index in [4.69, 9.17) is 5.11 Å². The molecule has 84 valence electrons. The van der Waals surface area contributed by atoms with Crippen molar-refractivity contribution in [2.24, 2.45) is 7.05 Å². The molecule has 0 spiro atoms. The number of carboxylic acid groups (broad SMARTS) is 1. The SMILES string of the molecule is Cc1cccc2c(C(C)C(=O)O)n(C)nc12. The van der Waals surface area contributed by atoms with Crippen LogP contribution in [0.3, 0.4) is 0 Å². The monoisotopic (exact) mass is 218 g/mol. The van der Waals surface area contributed by atoms with E-state index in [1.54, 1.807) is 18.7 Å². The van der Waals surface area contributed by atoms with E-state index in [-0.39, 0.29) is 0 Å². The van der Waals surface area contributed by atoms with E-state index in [1.807, 2.05) is 25.1 Å². The topological polar surface area (TPSA) is 55.1 Å². The molecule has 1 atom stereocenters. The number of nitrogens with zero attached hydrogens (tertiary/aromatic N) is 2. The number of carbonyl (C=O) groups is 1. The second-order valence-electron chi connectivity index (χ2n) is 4.04. The Kier molecular flexibility index (Phi) is 2.42. The van der Waals surface area contributed by atoms with Crippen LogP contribution in [0.4, 0.5) is 0 Å². The van der Waals surface area contributed by atoms with Crippen LogP contribution in [0.15, 0.2) is 18.2 Å². The predicted octanol–water partition coefficient (Wildman–Crippen LogP) is 2.07. The van der Waals surface area contributed by atoms with E-state index in [2.05, 4.69) is 5.10 Å². The van der Waals surface area contributed by atoms with Crippen LogP contribution in [0.1, 0.15) is 24.1 Å². The second-order valence-corrected chi connectivity index (χ2v) is 4.04. The van der Waals surface area contributed by atoms with Gasteiger partial charge in [0.05, 0.1) is 17.1 Å². The van der Waals surface area contributed by atoms with Gasteiger partial charge in [-0.1, -0.05) is 18.2 Å². The maximum absolute atomic E-state index is 11.0. The Labute approximate surface area is 93.5 Å². The first-order chi connectivity index (χ1) is 7.52. The summed E-state index contributed by atoms with van der Waals surface area (Å²) < 4.78 is 1.66. The van der Waals surface area contributed by atoms with E-state index < -0.39 is 11.9 Å². The number of rotatable bonds is 2. The Bertz CT molecular complexity index is 557. The Morgan fingerprint density at radius 3 is 2.81 bits per heavy atom. The van der Waals surface area contributed by atoms with Crippen molar-refractivity contribution in [3.63, 3.8) is 0 Å². The molecule has 0 saturated heterocycles. The number of aromatic nitrogens is 2. The summed E-state index contributed by atoms with van der Waals surface area (Å²) >= 11 is 0. The molecule has 16 heavy (non-hydrogen) atoms. The van der Waals surface area contributed by atoms with Crippen molar-refractivity contribution >= 4 is 16.9 Å². The number of hydrogen-bond acceptors (Lipinski definition) is 2. The van der Waals surface area contributed by atoms with Crippen LogP contribution in [-0.2, 0) is 11.8 Å². The van der Waals surface area contributed by atoms with Gasteiger partial charge in [-0.2, -0.15) is 5.10 Å². The average Bonchev–Trinajstić information content (AvgIpc) is 2.55. The first-order valence-electron chi connectivity index (χ1n) is 5.17. The summed E-state index contributed by atoms with van der Waals surface area (Å²) in [6.45, 7) is 3.66. The van der Waals surface area contributed by atoms with Gasteiger partial charge in [0.2, 0.25) is 0 Å². The standard InChI is InChI=1S/C12H14N2O2/c1-7-5-4-6-9-10(7)13-14(3)11(9)8(2)12(15)16/h4-6,8H,1-3H3,(H,15,16). The molecule has 0 amide bonds. The highest BCUT2D eigenvalue weighted by atomic mass is 16.4. The Morgan fingerprint density at radius 1 is 1.50 bits per heavy atom. The number of carboxylic acids is 1. The van der Waals surface area contributed by atoms with Crippen LogP contribution in [-0.4, -0.2) is 20.9 Å². The van der Waals surface area contributed by atoms with Crippen LogP contribution in [0, 0.1) is 6.92 Å². The molecule has 0 aliphatic heterocycles. The largest absolute Gasteiger partial charge is 0.481 e. The van der Waals surface area contributed by atoms with Crippen LogP contribution in [0.25, 0.3) is 10.9 Å². The Hall–Kier alpha value is -1.84. The van der Waals surface area contributed by atoms with Gasteiger partial charge in [0, 0.05) is 12.4 Å². The lowest BCUT2D eigenvalue weighted by molar-refractivity contribution is -0.138. The summed E-state index contributed by atoms with van der Waals surface area (Å²) in [7, 11) is 1.79. The van der Waals surface area contributed by atoms with Crippen molar-refractivity contribution in [3.8, 4) is 0 Å². The molecule has 4 heteroatoms. The predicted molar refractivity (Wildman–Crippen MR) is 61.5 cm³/mol. The fraction of sp³-hybridized carbons (Fsp3) is 0.333. The Morgan fingerprint density at radius 2 is 2.19 bits per heavy atom. The van der Waals surface area contributed by atoms with Crippen LogP contribution < -0.4 is 0 Å². The van der Waals surface area contributed by atoms with Crippen molar-refractivity contribution in [1.29, 1.82) is 0 Å². The van der Waals surface area contributed by atoms with Gasteiger partial charge in [0.1, 0.15) is 0 Å². The summed E-state index contributed by atoms with van der Waals surface area (Å²) in [5.41, 5.74) is 2.70. The number of fused-ring (bicyclic) bond motifs is 1. The molecule has 1 aromatic carbocycles.